The van der Waals surface area contributed by atoms with E-state index in [9.17, 15) is 10.0 Å². The molecule has 4 rings (SSSR count). The third-order valence-electron chi connectivity index (χ3n) is 4.71. The minimum atomic E-state index is -0.342. The fraction of sp³-hybridized carbons (Fsp3) is 0.0909. The van der Waals surface area contributed by atoms with Gasteiger partial charge in [-0.1, -0.05) is 59.8 Å². The normalized spacial score (nSPS) is 11.8. The van der Waals surface area contributed by atoms with E-state index in [0.717, 1.165) is 27.6 Å². The standard InChI is InChI=1S/C22H18N2O3/c1-27-16-12-10-15(11-13-16)14-24-20-9-5-4-7-18(20)17-6-2-3-8-19(17)21(23-26)22(24)25/h2-13,26H,14H2,1H3/b23-21+. The van der Waals surface area contributed by atoms with Crippen molar-refractivity contribution in [1.29, 1.82) is 0 Å². The van der Waals surface area contributed by atoms with Gasteiger partial charge in [0.25, 0.3) is 5.56 Å². The molecule has 0 aliphatic rings. The molecule has 1 N–H and O–H groups in total. The molecule has 0 atom stereocenters. The van der Waals surface area contributed by atoms with E-state index in [1.54, 1.807) is 17.7 Å². The lowest BCUT2D eigenvalue weighted by atomic mass is 10.1. The van der Waals surface area contributed by atoms with Gasteiger partial charge in [0.15, 0.2) is 5.36 Å². The molecule has 5 nitrogen and oxygen atoms in total. The van der Waals surface area contributed by atoms with E-state index < -0.39 is 0 Å². The summed E-state index contributed by atoms with van der Waals surface area (Å²) in [5, 5.41) is 15.4. The predicted molar refractivity (Wildman–Crippen MR) is 105 cm³/mol. The average molecular weight is 358 g/mol. The van der Waals surface area contributed by atoms with Crippen LogP contribution >= 0.6 is 0 Å². The van der Waals surface area contributed by atoms with Crippen LogP contribution in [0.1, 0.15) is 5.56 Å². The summed E-state index contributed by atoms with van der Waals surface area (Å²) in [6.07, 6.45) is 0. The predicted octanol–water partition coefficient (Wildman–Crippen LogP) is 3.50. The van der Waals surface area contributed by atoms with Crippen molar-refractivity contribution in [3.05, 3.63) is 94.1 Å². The van der Waals surface area contributed by atoms with Gasteiger partial charge in [-0.15, -0.1) is 0 Å². The van der Waals surface area contributed by atoms with Gasteiger partial charge in [-0.2, -0.15) is 0 Å². The monoisotopic (exact) mass is 358 g/mol. The maximum absolute atomic E-state index is 13.2. The molecule has 0 fully saturated rings. The Morgan fingerprint density at radius 1 is 0.889 bits per heavy atom. The van der Waals surface area contributed by atoms with Crippen LogP contribution in [-0.2, 0) is 6.54 Å². The zero-order valence-electron chi connectivity index (χ0n) is 14.8. The minimum absolute atomic E-state index is 0.0373. The van der Waals surface area contributed by atoms with Crippen LogP contribution in [0.5, 0.6) is 5.75 Å². The van der Waals surface area contributed by atoms with E-state index in [0.29, 0.717) is 11.9 Å². The number of para-hydroxylation sites is 1. The summed E-state index contributed by atoms with van der Waals surface area (Å²) in [6, 6.07) is 22.8. The van der Waals surface area contributed by atoms with Gasteiger partial charge < -0.3 is 14.5 Å². The smallest absolute Gasteiger partial charge is 0.281 e. The Kier molecular flexibility index (Phi) is 4.34. The number of hydrogen-bond donors (Lipinski definition) is 1. The summed E-state index contributed by atoms with van der Waals surface area (Å²) < 4.78 is 6.85. The summed E-state index contributed by atoms with van der Waals surface area (Å²) >= 11 is 0. The molecular formula is C22H18N2O3. The number of benzene rings is 3. The highest BCUT2D eigenvalue weighted by atomic mass is 16.5. The summed E-state index contributed by atoms with van der Waals surface area (Å²) in [4.78, 5) is 13.2. The third-order valence-corrected chi connectivity index (χ3v) is 4.71. The maximum atomic E-state index is 13.2. The Hall–Kier alpha value is -3.60. The number of aromatic nitrogens is 1. The molecule has 0 bridgehead atoms. The second-order valence-electron chi connectivity index (χ2n) is 6.25. The zero-order valence-corrected chi connectivity index (χ0v) is 14.8. The number of fused-ring (bicyclic) bond motifs is 3. The van der Waals surface area contributed by atoms with Crippen LogP contribution in [0.3, 0.4) is 0 Å². The molecule has 134 valence electrons. The second kappa shape index (κ2) is 6.96. The highest BCUT2D eigenvalue weighted by Gasteiger charge is 2.10. The highest BCUT2D eigenvalue weighted by Crippen LogP contribution is 2.21. The first-order valence-corrected chi connectivity index (χ1v) is 8.58. The molecule has 0 unspecified atom stereocenters. The van der Waals surface area contributed by atoms with Gasteiger partial charge >= 0.3 is 0 Å². The molecular weight excluding hydrogens is 340 g/mol. The second-order valence-corrected chi connectivity index (χ2v) is 6.25. The van der Waals surface area contributed by atoms with Gasteiger partial charge in [0.2, 0.25) is 0 Å². The van der Waals surface area contributed by atoms with Crippen LogP contribution in [0.2, 0.25) is 0 Å². The Labute approximate surface area is 155 Å². The van der Waals surface area contributed by atoms with Crippen LogP contribution in [-0.4, -0.2) is 16.9 Å². The quantitative estimate of drug-likeness (QED) is 0.450. The third kappa shape index (κ3) is 2.93. The number of methoxy groups -OCH3 is 1. The molecule has 0 aliphatic heterocycles. The van der Waals surface area contributed by atoms with Crippen molar-refractivity contribution >= 4 is 21.7 Å². The fourth-order valence-corrected chi connectivity index (χ4v) is 3.38. The minimum Gasteiger partial charge on any atom is -0.497 e. The topological polar surface area (TPSA) is 63.8 Å². The fourth-order valence-electron chi connectivity index (χ4n) is 3.38. The van der Waals surface area contributed by atoms with E-state index in [4.69, 9.17) is 4.74 Å². The number of ether oxygens (including phenoxy) is 1. The van der Waals surface area contributed by atoms with Gasteiger partial charge in [-0.3, -0.25) is 4.79 Å². The first-order chi connectivity index (χ1) is 13.2. The molecule has 1 aromatic heterocycles. The first kappa shape index (κ1) is 16.8. The summed E-state index contributed by atoms with van der Waals surface area (Å²) in [5.41, 5.74) is 1.39. The molecule has 4 aromatic rings. The van der Waals surface area contributed by atoms with Gasteiger partial charge in [0, 0.05) is 10.8 Å². The highest BCUT2D eigenvalue weighted by molar-refractivity contribution is 6.04. The molecule has 0 saturated heterocycles. The van der Waals surface area contributed by atoms with E-state index in [2.05, 4.69) is 5.16 Å². The first-order valence-electron chi connectivity index (χ1n) is 8.58. The molecule has 27 heavy (non-hydrogen) atoms. The lowest BCUT2D eigenvalue weighted by molar-refractivity contribution is 0.301. The van der Waals surface area contributed by atoms with Gasteiger partial charge in [-0.05, 0) is 29.1 Å². The summed E-state index contributed by atoms with van der Waals surface area (Å²) in [7, 11) is 1.62. The molecule has 0 spiro atoms. The van der Waals surface area contributed by atoms with Crippen LogP contribution in [0.15, 0.2) is 82.7 Å². The molecule has 1 heterocycles. The number of nitrogens with zero attached hydrogens (tertiary/aromatic N) is 2. The van der Waals surface area contributed by atoms with Gasteiger partial charge in [0.1, 0.15) is 5.75 Å². The van der Waals surface area contributed by atoms with E-state index in [1.165, 1.54) is 0 Å². The lowest BCUT2D eigenvalue weighted by Gasteiger charge is -2.08. The Balaban J connectivity index is 2.09. The maximum Gasteiger partial charge on any atom is 0.281 e. The van der Waals surface area contributed by atoms with Gasteiger partial charge in [-0.25, -0.2) is 0 Å². The molecule has 0 saturated carbocycles. The van der Waals surface area contributed by atoms with E-state index in [-0.39, 0.29) is 10.9 Å². The summed E-state index contributed by atoms with van der Waals surface area (Å²) in [6.45, 7) is 0.354. The Morgan fingerprint density at radius 3 is 2.19 bits per heavy atom. The van der Waals surface area contributed by atoms with Crippen molar-refractivity contribution in [2.45, 2.75) is 6.54 Å². The Morgan fingerprint density at radius 2 is 1.52 bits per heavy atom. The van der Waals surface area contributed by atoms with Gasteiger partial charge in [0.05, 0.1) is 19.2 Å². The molecule has 0 radical (unpaired) electrons. The molecule has 5 heteroatoms. The zero-order chi connectivity index (χ0) is 18.8. The molecule has 0 aliphatic carbocycles. The van der Waals surface area contributed by atoms with Crippen molar-refractivity contribution in [3.8, 4) is 5.75 Å². The molecule has 0 amide bonds. The SMILES string of the molecule is COc1ccc(Cn2c(=O)/c(=N/O)c3ccccc3c3ccccc32)cc1. The lowest BCUT2D eigenvalue weighted by Crippen LogP contribution is -2.33. The van der Waals surface area contributed by atoms with Crippen LogP contribution in [0, 0.1) is 0 Å². The van der Waals surface area contributed by atoms with Crippen molar-refractivity contribution in [2.75, 3.05) is 7.11 Å². The van der Waals surface area contributed by atoms with E-state index >= 15 is 0 Å². The van der Waals surface area contributed by atoms with E-state index in [1.807, 2.05) is 66.7 Å². The largest absolute Gasteiger partial charge is 0.497 e. The van der Waals surface area contributed by atoms with Crippen molar-refractivity contribution in [2.24, 2.45) is 5.16 Å². The van der Waals surface area contributed by atoms with Crippen LogP contribution in [0.25, 0.3) is 21.7 Å². The van der Waals surface area contributed by atoms with Crippen molar-refractivity contribution in [3.63, 3.8) is 0 Å². The van der Waals surface area contributed by atoms with Crippen LogP contribution < -0.4 is 15.7 Å². The summed E-state index contributed by atoms with van der Waals surface area (Å²) in [5.74, 6) is 0.756. The van der Waals surface area contributed by atoms with Crippen LogP contribution in [0.4, 0.5) is 0 Å². The van der Waals surface area contributed by atoms with Crippen molar-refractivity contribution < 1.29 is 9.94 Å². The number of rotatable bonds is 3. The number of hydrogen-bond acceptors (Lipinski definition) is 4. The molecule has 3 aromatic carbocycles. The van der Waals surface area contributed by atoms with Crippen molar-refractivity contribution in [1.82, 2.24) is 4.57 Å². The Bertz CT molecular complexity index is 1260. The average Bonchev–Trinajstić information content (AvgIpc) is 2.82.